The number of aliphatic hydroxyl groups excluding tert-OH is 1. The predicted molar refractivity (Wildman–Crippen MR) is 72.2 cm³/mol. The minimum atomic E-state index is -0.803. The molecule has 0 aliphatic rings. The summed E-state index contributed by atoms with van der Waals surface area (Å²) in [5.74, 6) is 0.506. The SMILES string of the molecule is OC(c1occc1Br)c1cccc2ncccc12. The van der Waals surface area contributed by atoms with E-state index in [2.05, 4.69) is 20.9 Å². The van der Waals surface area contributed by atoms with Gasteiger partial charge in [-0.3, -0.25) is 4.98 Å². The van der Waals surface area contributed by atoms with E-state index in [9.17, 15) is 5.11 Å². The third kappa shape index (κ3) is 1.83. The van der Waals surface area contributed by atoms with Gasteiger partial charge in [0.1, 0.15) is 6.10 Å². The largest absolute Gasteiger partial charge is 0.465 e. The number of benzene rings is 1. The van der Waals surface area contributed by atoms with Crippen LogP contribution in [0.25, 0.3) is 10.9 Å². The number of halogens is 1. The molecule has 2 heterocycles. The van der Waals surface area contributed by atoms with Crippen molar-refractivity contribution in [1.82, 2.24) is 4.98 Å². The molecule has 0 aliphatic carbocycles. The minimum Gasteiger partial charge on any atom is -0.465 e. The molecule has 0 bridgehead atoms. The molecule has 1 atom stereocenters. The molecule has 0 fully saturated rings. The average molecular weight is 304 g/mol. The second-order valence-electron chi connectivity index (χ2n) is 3.95. The molecule has 1 N–H and O–H groups in total. The second-order valence-corrected chi connectivity index (χ2v) is 4.81. The van der Waals surface area contributed by atoms with E-state index in [1.807, 2.05) is 30.3 Å². The smallest absolute Gasteiger partial charge is 0.150 e. The van der Waals surface area contributed by atoms with Crippen LogP contribution in [0.15, 0.2) is 57.7 Å². The van der Waals surface area contributed by atoms with Gasteiger partial charge in [-0.1, -0.05) is 18.2 Å². The second kappa shape index (κ2) is 4.55. The Hall–Kier alpha value is -1.65. The van der Waals surface area contributed by atoms with Gasteiger partial charge in [0.2, 0.25) is 0 Å². The van der Waals surface area contributed by atoms with Crippen LogP contribution in [0, 0.1) is 0 Å². The number of aliphatic hydroxyl groups is 1. The highest BCUT2D eigenvalue weighted by atomic mass is 79.9. The highest BCUT2D eigenvalue weighted by molar-refractivity contribution is 9.10. The van der Waals surface area contributed by atoms with Gasteiger partial charge in [0.05, 0.1) is 16.3 Å². The zero-order valence-electron chi connectivity index (χ0n) is 9.38. The summed E-state index contributed by atoms with van der Waals surface area (Å²) in [6.45, 7) is 0. The summed E-state index contributed by atoms with van der Waals surface area (Å²) in [5.41, 5.74) is 1.65. The highest BCUT2D eigenvalue weighted by Gasteiger charge is 2.19. The molecule has 0 saturated carbocycles. The van der Waals surface area contributed by atoms with Crippen molar-refractivity contribution in [2.75, 3.05) is 0 Å². The Morgan fingerprint density at radius 1 is 1.17 bits per heavy atom. The molecule has 2 aromatic heterocycles. The molecule has 0 saturated heterocycles. The summed E-state index contributed by atoms with van der Waals surface area (Å²) >= 11 is 3.36. The molecule has 3 rings (SSSR count). The van der Waals surface area contributed by atoms with Gasteiger partial charge < -0.3 is 9.52 Å². The van der Waals surface area contributed by atoms with Crippen LogP contribution in [0.4, 0.5) is 0 Å². The first-order valence-electron chi connectivity index (χ1n) is 5.52. The molecule has 90 valence electrons. The number of hydrogen-bond donors (Lipinski definition) is 1. The molecule has 1 unspecified atom stereocenters. The number of fused-ring (bicyclic) bond motifs is 1. The van der Waals surface area contributed by atoms with E-state index in [1.165, 1.54) is 0 Å². The van der Waals surface area contributed by atoms with E-state index in [1.54, 1.807) is 18.5 Å². The van der Waals surface area contributed by atoms with Gasteiger partial charge in [0.15, 0.2) is 5.76 Å². The normalized spacial score (nSPS) is 12.8. The van der Waals surface area contributed by atoms with Crippen LogP contribution in [0.5, 0.6) is 0 Å². The maximum atomic E-state index is 10.4. The lowest BCUT2D eigenvalue weighted by Gasteiger charge is -2.11. The van der Waals surface area contributed by atoms with E-state index in [0.717, 1.165) is 20.9 Å². The summed E-state index contributed by atoms with van der Waals surface area (Å²) in [5, 5.41) is 11.3. The van der Waals surface area contributed by atoms with Crippen molar-refractivity contribution in [3.8, 4) is 0 Å². The number of rotatable bonds is 2. The van der Waals surface area contributed by atoms with Crippen LogP contribution in [0.3, 0.4) is 0 Å². The number of nitrogens with zero attached hydrogens (tertiary/aromatic N) is 1. The quantitative estimate of drug-likeness (QED) is 0.785. The topological polar surface area (TPSA) is 46.3 Å². The summed E-state index contributed by atoms with van der Waals surface area (Å²) in [6, 6.07) is 11.2. The van der Waals surface area contributed by atoms with E-state index in [0.29, 0.717) is 5.76 Å². The zero-order valence-corrected chi connectivity index (χ0v) is 11.0. The van der Waals surface area contributed by atoms with Gasteiger partial charge in [0.25, 0.3) is 0 Å². The van der Waals surface area contributed by atoms with Crippen molar-refractivity contribution in [3.63, 3.8) is 0 Å². The van der Waals surface area contributed by atoms with Gasteiger partial charge in [0, 0.05) is 11.6 Å². The van der Waals surface area contributed by atoms with Crippen molar-refractivity contribution in [2.24, 2.45) is 0 Å². The molecular formula is C14H10BrNO2. The average Bonchev–Trinajstić information content (AvgIpc) is 2.83. The summed E-state index contributed by atoms with van der Waals surface area (Å²) in [7, 11) is 0. The van der Waals surface area contributed by atoms with Crippen LogP contribution < -0.4 is 0 Å². The van der Waals surface area contributed by atoms with Gasteiger partial charge in [-0.05, 0) is 39.7 Å². The first-order valence-corrected chi connectivity index (χ1v) is 6.31. The standard InChI is InChI=1S/C14H10BrNO2/c15-11-6-8-18-14(11)13(17)10-3-1-5-12-9(10)4-2-7-16-12/h1-8,13,17H. The van der Waals surface area contributed by atoms with Crippen LogP contribution >= 0.6 is 15.9 Å². The summed E-state index contributed by atoms with van der Waals surface area (Å²) < 4.78 is 6.07. The fourth-order valence-corrected chi connectivity index (χ4v) is 2.43. The molecule has 0 amide bonds. The number of pyridine rings is 1. The molecule has 3 aromatic rings. The molecule has 0 radical (unpaired) electrons. The highest BCUT2D eigenvalue weighted by Crippen LogP contribution is 2.32. The lowest BCUT2D eigenvalue weighted by atomic mass is 10.0. The Labute approximate surface area is 112 Å². The number of aromatic nitrogens is 1. The molecule has 3 nitrogen and oxygen atoms in total. The maximum absolute atomic E-state index is 10.4. The maximum Gasteiger partial charge on any atom is 0.150 e. The van der Waals surface area contributed by atoms with E-state index in [4.69, 9.17) is 4.42 Å². The summed E-state index contributed by atoms with van der Waals surface area (Å²) in [4.78, 5) is 4.27. The van der Waals surface area contributed by atoms with Crippen LogP contribution in [-0.2, 0) is 0 Å². The fourth-order valence-electron chi connectivity index (χ4n) is 2.01. The van der Waals surface area contributed by atoms with Crippen LogP contribution in [0.1, 0.15) is 17.4 Å². The first-order chi connectivity index (χ1) is 8.77. The van der Waals surface area contributed by atoms with E-state index < -0.39 is 6.10 Å². The Bertz CT molecular complexity index is 688. The van der Waals surface area contributed by atoms with Crippen molar-refractivity contribution in [3.05, 3.63) is 64.7 Å². The lowest BCUT2D eigenvalue weighted by molar-refractivity contribution is 0.189. The van der Waals surface area contributed by atoms with E-state index in [-0.39, 0.29) is 0 Å². The Balaban J connectivity index is 2.18. The van der Waals surface area contributed by atoms with E-state index >= 15 is 0 Å². The summed E-state index contributed by atoms with van der Waals surface area (Å²) in [6.07, 6.45) is 2.48. The monoisotopic (exact) mass is 303 g/mol. The Morgan fingerprint density at radius 3 is 2.83 bits per heavy atom. The van der Waals surface area contributed by atoms with Crippen molar-refractivity contribution in [2.45, 2.75) is 6.10 Å². The Morgan fingerprint density at radius 2 is 2.06 bits per heavy atom. The molecule has 1 aromatic carbocycles. The van der Waals surface area contributed by atoms with Crippen molar-refractivity contribution in [1.29, 1.82) is 0 Å². The van der Waals surface area contributed by atoms with Crippen LogP contribution in [0.2, 0.25) is 0 Å². The first kappa shape index (κ1) is 11.4. The number of hydrogen-bond acceptors (Lipinski definition) is 3. The minimum absolute atomic E-state index is 0.506. The predicted octanol–water partition coefficient (Wildman–Crippen LogP) is 3.67. The molecule has 0 aliphatic heterocycles. The van der Waals surface area contributed by atoms with Gasteiger partial charge in [-0.25, -0.2) is 0 Å². The van der Waals surface area contributed by atoms with Crippen molar-refractivity contribution < 1.29 is 9.52 Å². The molecular weight excluding hydrogens is 294 g/mol. The third-order valence-corrected chi connectivity index (χ3v) is 3.52. The van der Waals surface area contributed by atoms with Gasteiger partial charge >= 0.3 is 0 Å². The van der Waals surface area contributed by atoms with Crippen molar-refractivity contribution >= 4 is 26.8 Å². The van der Waals surface area contributed by atoms with Gasteiger partial charge in [-0.2, -0.15) is 0 Å². The zero-order chi connectivity index (χ0) is 12.5. The Kier molecular flexibility index (Phi) is 2.89. The van der Waals surface area contributed by atoms with Crippen LogP contribution in [-0.4, -0.2) is 10.1 Å². The molecule has 0 spiro atoms. The molecule has 18 heavy (non-hydrogen) atoms. The lowest BCUT2D eigenvalue weighted by Crippen LogP contribution is -2.00. The molecule has 4 heteroatoms. The number of furan rings is 1. The fraction of sp³-hybridized carbons (Fsp3) is 0.0714. The van der Waals surface area contributed by atoms with Gasteiger partial charge in [-0.15, -0.1) is 0 Å². The third-order valence-electron chi connectivity index (χ3n) is 2.87.